The molecule has 4 N–H and O–H groups in total. The van der Waals surface area contributed by atoms with E-state index >= 15 is 0 Å². The molecular weight excluding hydrogens is 262 g/mol. The van der Waals surface area contributed by atoms with E-state index in [0.29, 0.717) is 0 Å². The number of imidazole rings is 1. The van der Waals surface area contributed by atoms with Crippen molar-refractivity contribution < 1.29 is 13.2 Å². The number of nitrogens with zero attached hydrogens (tertiary/aromatic N) is 2. The van der Waals surface area contributed by atoms with Gasteiger partial charge in [-0.1, -0.05) is 0 Å². The van der Waals surface area contributed by atoms with Crippen LogP contribution in [0.1, 0.15) is 10.5 Å². The van der Waals surface area contributed by atoms with E-state index < -0.39 is 15.9 Å². The minimum Gasteiger partial charge on any atom is -0.335 e. The number of piperazine rings is 1. The molecule has 0 unspecified atom stereocenters. The summed E-state index contributed by atoms with van der Waals surface area (Å²) in [4.78, 5) is 28.9. The number of rotatable bonds is 2. The fourth-order valence-corrected chi connectivity index (χ4v) is 2.44. The molecule has 1 aromatic rings. The van der Waals surface area contributed by atoms with E-state index in [2.05, 4.69) is 9.97 Å². The lowest BCUT2D eigenvalue weighted by Gasteiger charge is -2.32. The first kappa shape index (κ1) is 12.8. The molecule has 10 heteroatoms. The molecule has 1 saturated heterocycles. The lowest BCUT2D eigenvalue weighted by Crippen LogP contribution is -2.52. The van der Waals surface area contributed by atoms with Crippen LogP contribution in [0.15, 0.2) is 11.0 Å². The highest BCUT2D eigenvalue weighted by molar-refractivity contribution is 7.86. The van der Waals surface area contributed by atoms with Gasteiger partial charge < -0.3 is 14.9 Å². The molecule has 2 rings (SSSR count). The van der Waals surface area contributed by atoms with Gasteiger partial charge in [-0.25, -0.2) is 9.93 Å². The zero-order valence-corrected chi connectivity index (χ0v) is 10.2. The second-order valence-electron chi connectivity index (χ2n) is 3.89. The van der Waals surface area contributed by atoms with Crippen molar-refractivity contribution in [3.8, 4) is 0 Å². The molecule has 1 fully saturated rings. The van der Waals surface area contributed by atoms with Gasteiger partial charge in [0.2, 0.25) is 0 Å². The van der Waals surface area contributed by atoms with E-state index in [1.54, 1.807) is 0 Å². The number of hydrogen-bond donors (Lipinski definition) is 3. The molecule has 0 aromatic carbocycles. The van der Waals surface area contributed by atoms with Gasteiger partial charge in [0.1, 0.15) is 5.69 Å². The Kier molecular flexibility index (Phi) is 3.24. The largest absolute Gasteiger partial charge is 0.335 e. The molecule has 9 nitrogen and oxygen atoms in total. The number of carbonyl (C=O) groups is 1. The van der Waals surface area contributed by atoms with Gasteiger partial charge in [0.25, 0.3) is 16.1 Å². The van der Waals surface area contributed by atoms with Crippen LogP contribution in [-0.2, 0) is 10.2 Å². The van der Waals surface area contributed by atoms with Crippen molar-refractivity contribution in [3.63, 3.8) is 0 Å². The molecule has 18 heavy (non-hydrogen) atoms. The van der Waals surface area contributed by atoms with Gasteiger partial charge in [0.05, 0.1) is 0 Å². The maximum atomic E-state index is 11.9. The van der Waals surface area contributed by atoms with E-state index in [1.807, 2.05) is 0 Å². The van der Waals surface area contributed by atoms with Crippen LogP contribution in [0.5, 0.6) is 0 Å². The van der Waals surface area contributed by atoms with Gasteiger partial charge in [-0.3, -0.25) is 4.79 Å². The number of aromatic amines is 2. The molecule has 2 heterocycles. The summed E-state index contributed by atoms with van der Waals surface area (Å²) in [5.41, 5.74) is -0.300. The van der Waals surface area contributed by atoms with E-state index in [1.165, 1.54) is 11.1 Å². The number of nitrogens with two attached hydrogens (primary N) is 1. The summed E-state index contributed by atoms with van der Waals surface area (Å²) in [5, 5.41) is 4.99. The number of hydrogen-bond acceptors (Lipinski definition) is 4. The minimum atomic E-state index is -3.70. The number of nitrogens with one attached hydrogen (secondary N) is 2. The predicted molar refractivity (Wildman–Crippen MR) is 62.0 cm³/mol. The van der Waals surface area contributed by atoms with Crippen molar-refractivity contribution in [2.24, 2.45) is 5.14 Å². The van der Waals surface area contributed by atoms with Crippen molar-refractivity contribution in [3.05, 3.63) is 22.4 Å². The van der Waals surface area contributed by atoms with Crippen LogP contribution < -0.4 is 10.8 Å². The van der Waals surface area contributed by atoms with Crippen LogP contribution in [0.25, 0.3) is 0 Å². The van der Waals surface area contributed by atoms with Gasteiger partial charge in [-0.2, -0.15) is 12.7 Å². The first-order valence-corrected chi connectivity index (χ1v) is 6.73. The lowest BCUT2D eigenvalue weighted by atomic mass is 10.3. The fraction of sp³-hybridized carbons (Fsp3) is 0.500. The summed E-state index contributed by atoms with van der Waals surface area (Å²) in [6.07, 6.45) is 1.29. The van der Waals surface area contributed by atoms with E-state index in [-0.39, 0.29) is 37.8 Å². The number of aromatic nitrogens is 2. The smallest absolute Gasteiger partial charge is 0.323 e. The highest BCUT2D eigenvalue weighted by Gasteiger charge is 2.27. The molecule has 1 aliphatic rings. The van der Waals surface area contributed by atoms with Crippen LogP contribution in [0.4, 0.5) is 0 Å². The van der Waals surface area contributed by atoms with Crippen LogP contribution in [0, 0.1) is 0 Å². The van der Waals surface area contributed by atoms with Gasteiger partial charge in [0, 0.05) is 32.4 Å². The lowest BCUT2D eigenvalue weighted by molar-refractivity contribution is 0.0692. The Labute approximate surface area is 103 Å². The van der Waals surface area contributed by atoms with E-state index in [9.17, 15) is 18.0 Å². The fourth-order valence-electron chi connectivity index (χ4n) is 1.76. The highest BCUT2D eigenvalue weighted by Crippen LogP contribution is 2.07. The summed E-state index contributed by atoms with van der Waals surface area (Å²) in [6, 6.07) is 0. The summed E-state index contributed by atoms with van der Waals surface area (Å²) in [5.74, 6) is -0.345. The molecule has 0 bridgehead atoms. The topological polar surface area (TPSA) is 132 Å². The molecule has 1 aliphatic heterocycles. The number of H-pyrrole nitrogens is 2. The van der Waals surface area contributed by atoms with Crippen molar-refractivity contribution in [1.82, 2.24) is 19.2 Å². The Bertz CT molecular complexity index is 595. The zero-order valence-electron chi connectivity index (χ0n) is 9.42. The van der Waals surface area contributed by atoms with Crippen molar-refractivity contribution in [2.75, 3.05) is 26.2 Å². The quantitative estimate of drug-likeness (QED) is 0.558. The predicted octanol–water partition coefficient (Wildman–Crippen LogP) is -2.34. The van der Waals surface area contributed by atoms with Gasteiger partial charge in [0.15, 0.2) is 0 Å². The van der Waals surface area contributed by atoms with Crippen LogP contribution in [0.2, 0.25) is 0 Å². The van der Waals surface area contributed by atoms with Crippen LogP contribution >= 0.6 is 0 Å². The Morgan fingerprint density at radius 1 is 1.28 bits per heavy atom. The third-order valence-electron chi connectivity index (χ3n) is 2.71. The molecule has 0 aliphatic carbocycles. The molecule has 1 aromatic heterocycles. The summed E-state index contributed by atoms with van der Waals surface area (Å²) in [6.45, 7) is 0.781. The summed E-state index contributed by atoms with van der Waals surface area (Å²) >= 11 is 0. The highest BCUT2D eigenvalue weighted by atomic mass is 32.2. The van der Waals surface area contributed by atoms with Gasteiger partial charge in [-0.05, 0) is 0 Å². The average Bonchev–Trinajstić information content (AvgIpc) is 2.74. The number of amides is 1. The molecule has 0 saturated carbocycles. The summed E-state index contributed by atoms with van der Waals surface area (Å²) < 4.78 is 23.3. The average molecular weight is 275 g/mol. The molecule has 0 atom stereocenters. The third kappa shape index (κ3) is 2.60. The molecule has 0 spiro atoms. The maximum absolute atomic E-state index is 11.9. The van der Waals surface area contributed by atoms with E-state index in [0.717, 1.165) is 4.31 Å². The van der Waals surface area contributed by atoms with Crippen LogP contribution in [0.3, 0.4) is 0 Å². The second-order valence-corrected chi connectivity index (χ2v) is 5.44. The minimum absolute atomic E-state index is 0.152. The Morgan fingerprint density at radius 3 is 2.33 bits per heavy atom. The van der Waals surface area contributed by atoms with Gasteiger partial charge in [-0.15, -0.1) is 0 Å². The second kappa shape index (κ2) is 4.55. The monoisotopic (exact) mass is 275 g/mol. The molecule has 0 radical (unpaired) electrons. The first-order chi connectivity index (χ1) is 8.38. The van der Waals surface area contributed by atoms with Crippen molar-refractivity contribution >= 4 is 16.1 Å². The Balaban J connectivity index is 2.02. The Hall–Kier alpha value is -1.65. The first-order valence-electron chi connectivity index (χ1n) is 5.23. The maximum Gasteiger partial charge on any atom is 0.323 e. The third-order valence-corrected chi connectivity index (χ3v) is 3.80. The van der Waals surface area contributed by atoms with E-state index in [4.69, 9.17) is 5.14 Å². The molecule has 100 valence electrons. The zero-order chi connectivity index (χ0) is 13.3. The Morgan fingerprint density at radius 2 is 1.89 bits per heavy atom. The van der Waals surface area contributed by atoms with Crippen molar-refractivity contribution in [2.45, 2.75) is 0 Å². The SMILES string of the molecule is NS(=O)(=O)N1CCN(C(=O)c2c[nH]c(=O)[nH]2)CC1. The number of carbonyl (C=O) groups excluding carboxylic acids is 1. The normalized spacial score (nSPS) is 17.9. The van der Waals surface area contributed by atoms with Crippen molar-refractivity contribution in [1.29, 1.82) is 0 Å². The van der Waals surface area contributed by atoms with Crippen LogP contribution in [-0.4, -0.2) is 59.7 Å². The summed E-state index contributed by atoms with van der Waals surface area (Å²) in [7, 11) is -3.70. The van der Waals surface area contributed by atoms with Gasteiger partial charge >= 0.3 is 5.69 Å². The standard InChI is InChI=1S/C8H13N5O4S/c9-18(16,17)13-3-1-12(2-4-13)7(14)6-5-10-8(15)11-6/h5H,1-4H2,(H2,9,16,17)(H2,10,11,15). The molecule has 1 amide bonds. The molecular formula is C8H13N5O4S.